The zero-order chi connectivity index (χ0) is 9.26. The maximum atomic E-state index is 5.58. The third kappa shape index (κ3) is 1.65. The summed E-state index contributed by atoms with van der Waals surface area (Å²) < 4.78 is 5.11. The van der Waals surface area contributed by atoms with Gasteiger partial charge in [0.25, 0.3) is 0 Å². The fraction of sp³-hybridized carbons (Fsp3) is 0.500. The summed E-state index contributed by atoms with van der Waals surface area (Å²) in [5.74, 6) is 2.11. The van der Waals surface area contributed by atoms with Gasteiger partial charge in [0, 0.05) is 6.20 Å². The standard InChI is InChI=1S/C10H14N2O/c1-13-9-2-8(5-12-6-9)10-3-7(10)4-11/h2,5-7,10H,3-4,11H2,1H3. The largest absolute Gasteiger partial charge is 0.495 e. The molecular formula is C10H14N2O. The highest BCUT2D eigenvalue weighted by Crippen LogP contribution is 2.46. The molecule has 3 heteroatoms. The fourth-order valence-electron chi connectivity index (χ4n) is 1.67. The van der Waals surface area contributed by atoms with E-state index in [2.05, 4.69) is 4.98 Å². The van der Waals surface area contributed by atoms with Crippen LogP contribution in [0.2, 0.25) is 0 Å². The van der Waals surface area contributed by atoms with Gasteiger partial charge in [-0.15, -0.1) is 0 Å². The van der Waals surface area contributed by atoms with E-state index in [1.54, 1.807) is 13.3 Å². The van der Waals surface area contributed by atoms with Gasteiger partial charge in [-0.2, -0.15) is 0 Å². The van der Waals surface area contributed by atoms with E-state index in [1.807, 2.05) is 12.3 Å². The molecule has 1 heterocycles. The summed E-state index contributed by atoms with van der Waals surface area (Å²) in [7, 11) is 1.66. The van der Waals surface area contributed by atoms with Crippen molar-refractivity contribution < 1.29 is 4.74 Å². The molecule has 1 aromatic rings. The van der Waals surface area contributed by atoms with Crippen LogP contribution in [0.4, 0.5) is 0 Å². The molecule has 0 aliphatic heterocycles. The van der Waals surface area contributed by atoms with Crippen LogP contribution in [0.15, 0.2) is 18.5 Å². The molecule has 0 amide bonds. The molecule has 2 unspecified atom stereocenters. The van der Waals surface area contributed by atoms with E-state index in [0.717, 1.165) is 12.3 Å². The zero-order valence-electron chi connectivity index (χ0n) is 7.73. The third-order valence-electron chi connectivity index (χ3n) is 2.62. The molecule has 70 valence electrons. The first-order valence-electron chi connectivity index (χ1n) is 4.54. The molecule has 2 rings (SSSR count). The molecule has 1 saturated carbocycles. The van der Waals surface area contributed by atoms with Gasteiger partial charge >= 0.3 is 0 Å². The monoisotopic (exact) mass is 178 g/mol. The summed E-state index contributed by atoms with van der Waals surface area (Å²) in [6, 6.07) is 2.05. The number of pyridine rings is 1. The molecule has 0 bridgehead atoms. The average Bonchev–Trinajstić information content (AvgIpc) is 2.97. The number of nitrogens with two attached hydrogens (primary N) is 1. The number of hydrogen-bond donors (Lipinski definition) is 1. The van der Waals surface area contributed by atoms with Gasteiger partial charge in [0.05, 0.1) is 13.3 Å². The Kier molecular flexibility index (Phi) is 2.19. The van der Waals surface area contributed by atoms with E-state index in [1.165, 1.54) is 12.0 Å². The molecule has 3 nitrogen and oxygen atoms in total. The van der Waals surface area contributed by atoms with Crippen molar-refractivity contribution >= 4 is 0 Å². The average molecular weight is 178 g/mol. The molecule has 13 heavy (non-hydrogen) atoms. The second-order valence-corrected chi connectivity index (χ2v) is 3.50. The predicted octanol–water partition coefficient (Wildman–Crippen LogP) is 1.15. The smallest absolute Gasteiger partial charge is 0.137 e. The van der Waals surface area contributed by atoms with Crippen molar-refractivity contribution in [3.8, 4) is 5.75 Å². The predicted molar refractivity (Wildman–Crippen MR) is 50.7 cm³/mol. The van der Waals surface area contributed by atoms with E-state index >= 15 is 0 Å². The topological polar surface area (TPSA) is 48.1 Å². The van der Waals surface area contributed by atoms with Crippen LogP contribution >= 0.6 is 0 Å². The first kappa shape index (κ1) is 8.51. The highest BCUT2D eigenvalue weighted by atomic mass is 16.5. The summed E-state index contributed by atoms with van der Waals surface area (Å²) in [4.78, 5) is 4.12. The van der Waals surface area contributed by atoms with Crippen LogP contribution in [0.5, 0.6) is 5.75 Å². The molecule has 0 saturated heterocycles. The van der Waals surface area contributed by atoms with E-state index in [-0.39, 0.29) is 0 Å². The van der Waals surface area contributed by atoms with Crippen molar-refractivity contribution in [3.05, 3.63) is 24.0 Å². The maximum Gasteiger partial charge on any atom is 0.137 e. The Bertz CT molecular complexity index is 301. The van der Waals surface area contributed by atoms with Gasteiger partial charge in [-0.1, -0.05) is 0 Å². The Morgan fingerprint density at radius 1 is 1.62 bits per heavy atom. The van der Waals surface area contributed by atoms with Crippen molar-refractivity contribution in [2.75, 3.05) is 13.7 Å². The molecule has 2 N–H and O–H groups in total. The van der Waals surface area contributed by atoms with Crippen LogP contribution in [0, 0.1) is 5.92 Å². The van der Waals surface area contributed by atoms with E-state index in [0.29, 0.717) is 11.8 Å². The van der Waals surface area contributed by atoms with Gasteiger partial charge in [-0.3, -0.25) is 4.98 Å². The Morgan fingerprint density at radius 3 is 3.08 bits per heavy atom. The molecule has 0 spiro atoms. The quantitative estimate of drug-likeness (QED) is 0.755. The minimum atomic E-state index is 0.618. The third-order valence-corrected chi connectivity index (χ3v) is 2.62. The molecule has 1 aliphatic rings. The molecule has 0 aromatic carbocycles. The van der Waals surface area contributed by atoms with Gasteiger partial charge in [0.1, 0.15) is 5.75 Å². The van der Waals surface area contributed by atoms with Crippen molar-refractivity contribution in [1.29, 1.82) is 0 Å². The van der Waals surface area contributed by atoms with Crippen LogP contribution < -0.4 is 10.5 Å². The highest BCUT2D eigenvalue weighted by molar-refractivity contribution is 5.30. The van der Waals surface area contributed by atoms with Crippen LogP contribution in [0.1, 0.15) is 17.9 Å². The lowest BCUT2D eigenvalue weighted by Crippen LogP contribution is -2.02. The summed E-state index contributed by atoms with van der Waals surface area (Å²) in [6.45, 7) is 0.780. The van der Waals surface area contributed by atoms with Gasteiger partial charge in [-0.25, -0.2) is 0 Å². The molecular weight excluding hydrogens is 164 g/mol. The normalized spacial score (nSPS) is 25.7. The second kappa shape index (κ2) is 3.34. The van der Waals surface area contributed by atoms with Crippen molar-refractivity contribution in [2.45, 2.75) is 12.3 Å². The van der Waals surface area contributed by atoms with Gasteiger partial charge in [0.15, 0.2) is 0 Å². The second-order valence-electron chi connectivity index (χ2n) is 3.50. The minimum absolute atomic E-state index is 0.618. The number of ether oxygens (including phenoxy) is 1. The van der Waals surface area contributed by atoms with E-state index in [9.17, 15) is 0 Å². The van der Waals surface area contributed by atoms with Crippen molar-refractivity contribution in [3.63, 3.8) is 0 Å². The highest BCUT2D eigenvalue weighted by Gasteiger charge is 2.37. The lowest BCUT2D eigenvalue weighted by molar-refractivity contribution is 0.412. The van der Waals surface area contributed by atoms with E-state index < -0.39 is 0 Å². The Balaban J connectivity index is 2.13. The van der Waals surface area contributed by atoms with Crippen molar-refractivity contribution in [1.82, 2.24) is 4.98 Å². The lowest BCUT2D eigenvalue weighted by Gasteiger charge is -2.02. The molecule has 1 aromatic heterocycles. The first-order chi connectivity index (χ1) is 6.35. The van der Waals surface area contributed by atoms with Gasteiger partial charge < -0.3 is 10.5 Å². The van der Waals surface area contributed by atoms with Crippen LogP contribution in [-0.4, -0.2) is 18.6 Å². The van der Waals surface area contributed by atoms with Crippen LogP contribution in [0.3, 0.4) is 0 Å². The molecule has 1 aliphatic carbocycles. The summed E-state index contributed by atoms with van der Waals surface area (Å²) >= 11 is 0. The van der Waals surface area contributed by atoms with Gasteiger partial charge in [-0.05, 0) is 36.4 Å². The van der Waals surface area contributed by atoms with Crippen LogP contribution in [-0.2, 0) is 0 Å². The number of rotatable bonds is 3. The maximum absolute atomic E-state index is 5.58. The number of aromatic nitrogens is 1. The number of methoxy groups -OCH3 is 1. The first-order valence-corrected chi connectivity index (χ1v) is 4.54. The van der Waals surface area contributed by atoms with E-state index in [4.69, 9.17) is 10.5 Å². The number of nitrogens with zero attached hydrogens (tertiary/aromatic N) is 1. The zero-order valence-corrected chi connectivity index (χ0v) is 7.73. The Morgan fingerprint density at radius 2 is 2.46 bits per heavy atom. The van der Waals surface area contributed by atoms with Crippen LogP contribution in [0.25, 0.3) is 0 Å². The molecule has 0 radical (unpaired) electrons. The Hall–Kier alpha value is -1.09. The number of hydrogen-bond acceptors (Lipinski definition) is 3. The fourth-order valence-corrected chi connectivity index (χ4v) is 1.67. The summed E-state index contributed by atoms with van der Waals surface area (Å²) in [6.07, 6.45) is 4.83. The minimum Gasteiger partial charge on any atom is -0.495 e. The summed E-state index contributed by atoms with van der Waals surface area (Å²) in [5, 5.41) is 0. The Labute approximate surface area is 77.9 Å². The van der Waals surface area contributed by atoms with Gasteiger partial charge in [0.2, 0.25) is 0 Å². The molecule has 1 fully saturated rings. The SMILES string of the molecule is COc1cncc(C2CC2CN)c1. The lowest BCUT2D eigenvalue weighted by atomic mass is 10.1. The molecule has 2 atom stereocenters. The summed E-state index contributed by atoms with van der Waals surface area (Å²) in [5.41, 5.74) is 6.84. The van der Waals surface area contributed by atoms with Crippen molar-refractivity contribution in [2.24, 2.45) is 11.7 Å².